The van der Waals surface area contributed by atoms with Gasteiger partial charge in [-0.05, 0) is 26.2 Å². The highest BCUT2D eigenvalue weighted by Gasteiger charge is 2.59. The Kier molecular flexibility index (Phi) is 6.23. The first-order valence-corrected chi connectivity index (χ1v) is 9.96. The molecule has 6 nitrogen and oxygen atoms in total. The molecule has 2 N–H and O–H groups in total. The third-order valence-corrected chi connectivity index (χ3v) is 6.25. The standard InChI is InChI=1S/C19H36N4O2/c1-5-20-18(21-14-6-9-23(10-7-14)11-13-24-4)22-16-15-8-12-25-17(15)19(16,2)3/h14-17H,5-13H2,1-4H3,(H2,20,21,22). The average molecular weight is 353 g/mol. The lowest BCUT2D eigenvalue weighted by Crippen LogP contribution is -2.68. The predicted molar refractivity (Wildman–Crippen MR) is 101 cm³/mol. The van der Waals surface area contributed by atoms with Gasteiger partial charge >= 0.3 is 0 Å². The van der Waals surface area contributed by atoms with Crippen LogP contribution in [-0.2, 0) is 9.47 Å². The number of nitrogens with zero attached hydrogens (tertiary/aromatic N) is 2. The molecule has 3 unspecified atom stereocenters. The zero-order valence-corrected chi connectivity index (χ0v) is 16.4. The molecule has 0 aromatic heterocycles. The second-order valence-corrected chi connectivity index (χ2v) is 8.26. The molecule has 0 aromatic rings. The van der Waals surface area contributed by atoms with Crippen LogP contribution in [0.4, 0.5) is 0 Å². The maximum Gasteiger partial charge on any atom is 0.191 e. The number of nitrogens with one attached hydrogen (secondary N) is 2. The maximum absolute atomic E-state index is 5.92. The molecule has 3 atom stereocenters. The number of methoxy groups -OCH3 is 1. The second kappa shape index (κ2) is 8.23. The first kappa shape index (κ1) is 18.9. The summed E-state index contributed by atoms with van der Waals surface area (Å²) in [7, 11) is 1.77. The Hall–Kier alpha value is -0.850. The first-order chi connectivity index (χ1) is 12.1. The molecule has 6 heteroatoms. The van der Waals surface area contributed by atoms with E-state index in [2.05, 4.69) is 36.3 Å². The average Bonchev–Trinajstić information content (AvgIpc) is 3.06. The highest BCUT2D eigenvalue weighted by atomic mass is 16.5. The van der Waals surface area contributed by atoms with E-state index in [0.717, 1.165) is 58.2 Å². The van der Waals surface area contributed by atoms with E-state index >= 15 is 0 Å². The van der Waals surface area contributed by atoms with E-state index in [4.69, 9.17) is 14.5 Å². The molecule has 2 aliphatic heterocycles. The number of hydrogen-bond donors (Lipinski definition) is 2. The molecule has 2 heterocycles. The van der Waals surface area contributed by atoms with Gasteiger partial charge in [0.25, 0.3) is 0 Å². The summed E-state index contributed by atoms with van der Waals surface area (Å²) >= 11 is 0. The summed E-state index contributed by atoms with van der Waals surface area (Å²) in [5.41, 5.74) is 0.181. The molecule has 3 aliphatic rings. The van der Waals surface area contributed by atoms with Gasteiger partial charge in [-0.2, -0.15) is 0 Å². The molecular formula is C19H36N4O2. The molecule has 0 amide bonds. The highest BCUT2D eigenvalue weighted by molar-refractivity contribution is 5.80. The lowest BCUT2D eigenvalue weighted by Gasteiger charge is -2.55. The normalized spacial score (nSPS) is 33.0. The van der Waals surface area contributed by atoms with Crippen molar-refractivity contribution in [1.82, 2.24) is 15.5 Å². The molecule has 144 valence electrons. The second-order valence-electron chi connectivity index (χ2n) is 8.26. The van der Waals surface area contributed by atoms with Gasteiger partial charge in [-0.25, -0.2) is 0 Å². The number of hydrogen-bond acceptors (Lipinski definition) is 4. The summed E-state index contributed by atoms with van der Waals surface area (Å²) in [4.78, 5) is 7.20. The van der Waals surface area contributed by atoms with Gasteiger partial charge < -0.3 is 25.0 Å². The van der Waals surface area contributed by atoms with Crippen molar-refractivity contribution in [3.05, 3.63) is 0 Å². The number of rotatable bonds is 6. The Morgan fingerprint density at radius 1 is 1.24 bits per heavy atom. The van der Waals surface area contributed by atoms with Crippen molar-refractivity contribution in [2.75, 3.05) is 46.5 Å². The lowest BCUT2D eigenvalue weighted by atomic mass is 9.57. The van der Waals surface area contributed by atoms with Crippen molar-refractivity contribution < 1.29 is 9.47 Å². The highest BCUT2D eigenvalue weighted by Crippen LogP contribution is 2.52. The number of piperidine rings is 1. The third-order valence-electron chi connectivity index (χ3n) is 6.25. The molecule has 1 aliphatic carbocycles. The zero-order valence-electron chi connectivity index (χ0n) is 16.4. The number of aliphatic imine (C=N–C) groups is 1. The van der Waals surface area contributed by atoms with Crippen LogP contribution >= 0.6 is 0 Å². The third kappa shape index (κ3) is 4.12. The van der Waals surface area contributed by atoms with E-state index in [0.29, 0.717) is 24.1 Å². The van der Waals surface area contributed by atoms with Crippen LogP contribution in [0.15, 0.2) is 4.99 Å². The van der Waals surface area contributed by atoms with Gasteiger partial charge in [-0.1, -0.05) is 13.8 Å². The quantitative estimate of drug-likeness (QED) is 0.560. The fourth-order valence-electron chi connectivity index (χ4n) is 4.77. The Bertz CT molecular complexity index is 460. The maximum atomic E-state index is 5.92. The van der Waals surface area contributed by atoms with E-state index in [1.54, 1.807) is 7.11 Å². The van der Waals surface area contributed by atoms with Crippen LogP contribution in [0.25, 0.3) is 0 Å². The number of guanidine groups is 1. The van der Waals surface area contributed by atoms with Crippen LogP contribution in [0.1, 0.15) is 40.0 Å². The van der Waals surface area contributed by atoms with Gasteiger partial charge in [0.1, 0.15) is 0 Å². The molecule has 0 bridgehead atoms. The number of likely N-dealkylation sites (tertiary alicyclic amines) is 1. The van der Waals surface area contributed by atoms with Gasteiger partial charge in [-0.15, -0.1) is 0 Å². The molecule has 25 heavy (non-hydrogen) atoms. The van der Waals surface area contributed by atoms with Gasteiger partial charge in [0.2, 0.25) is 0 Å². The van der Waals surface area contributed by atoms with E-state index in [1.165, 1.54) is 6.42 Å². The minimum atomic E-state index is 0.181. The van der Waals surface area contributed by atoms with Crippen molar-refractivity contribution in [3.63, 3.8) is 0 Å². The number of ether oxygens (including phenoxy) is 2. The van der Waals surface area contributed by atoms with Crippen molar-refractivity contribution in [3.8, 4) is 0 Å². The fourth-order valence-corrected chi connectivity index (χ4v) is 4.77. The van der Waals surface area contributed by atoms with Gasteiger partial charge in [0.05, 0.1) is 12.7 Å². The predicted octanol–water partition coefficient (Wildman–Crippen LogP) is 1.47. The van der Waals surface area contributed by atoms with Gasteiger partial charge in [0.15, 0.2) is 5.96 Å². The monoisotopic (exact) mass is 352 g/mol. The summed E-state index contributed by atoms with van der Waals surface area (Å²) in [6, 6.07) is 0.968. The summed E-state index contributed by atoms with van der Waals surface area (Å²) in [5, 5.41) is 7.42. The molecule has 2 saturated heterocycles. The fraction of sp³-hybridized carbons (Fsp3) is 0.947. The van der Waals surface area contributed by atoms with Crippen molar-refractivity contribution >= 4 is 5.96 Å². The first-order valence-electron chi connectivity index (χ1n) is 9.96. The zero-order chi connectivity index (χ0) is 17.9. The lowest BCUT2D eigenvalue weighted by molar-refractivity contribution is -0.106. The molecule has 1 saturated carbocycles. The van der Waals surface area contributed by atoms with Crippen molar-refractivity contribution in [2.45, 2.75) is 58.2 Å². The SMILES string of the molecule is CCN=C(NC1CCN(CCOC)CC1)NC1C2CCOC2C1(C)C. The summed E-state index contributed by atoms with van der Waals surface area (Å²) in [6.07, 6.45) is 3.91. The van der Waals surface area contributed by atoms with Crippen LogP contribution in [-0.4, -0.2) is 75.5 Å². The molecule has 0 radical (unpaired) electrons. The summed E-state index contributed by atoms with van der Waals surface area (Å²) in [5.74, 6) is 1.62. The molecule has 3 fully saturated rings. The van der Waals surface area contributed by atoms with Crippen LogP contribution in [0.3, 0.4) is 0 Å². The smallest absolute Gasteiger partial charge is 0.191 e. The minimum Gasteiger partial charge on any atom is -0.383 e. The summed E-state index contributed by atoms with van der Waals surface area (Å²) in [6.45, 7) is 12.6. The molecular weight excluding hydrogens is 316 g/mol. The van der Waals surface area contributed by atoms with Crippen LogP contribution in [0.2, 0.25) is 0 Å². The van der Waals surface area contributed by atoms with Crippen molar-refractivity contribution in [2.24, 2.45) is 16.3 Å². The summed E-state index contributed by atoms with van der Waals surface area (Å²) < 4.78 is 11.1. The molecule has 0 aromatic carbocycles. The molecule has 0 spiro atoms. The largest absolute Gasteiger partial charge is 0.383 e. The van der Waals surface area contributed by atoms with Crippen LogP contribution in [0.5, 0.6) is 0 Å². The van der Waals surface area contributed by atoms with Gasteiger partial charge in [0, 0.05) is 63.3 Å². The van der Waals surface area contributed by atoms with E-state index in [1.807, 2.05) is 0 Å². The Labute approximate surface area is 152 Å². The van der Waals surface area contributed by atoms with Gasteiger partial charge in [-0.3, -0.25) is 4.99 Å². The topological polar surface area (TPSA) is 58.1 Å². The van der Waals surface area contributed by atoms with Crippen LogP contribution < -0.4 is 10.6 Å². The van der Waals surface area contributed by atoms with E-state index in [9.17, 15) is 0 Å². The van der Waals surface area contributed by atoms with E-state index in [-0.39, 0.29) is 5.41 Å². The molecule has 3 rings (SSSR count). The Morgan fingerprint density at radius 2 is 2.00 bits per heavy atom. The number of fused-ring (bicyclic) bond motifs is 1. The Morgan fingerprint density at radius 3 is 2.68 bits per heavy atom. The van der Waals surface area contributed by atoms with Crippen molar-refractivity contribution in [1.29, 1.82) is 0 Å². The minimum absolute atomic E-state index is 0.181. The van der Waals surface area contributed by atoms with E-state index < -0.39 is 0 Å². The Balaban J connectivity index is 1.50. The van der Waals surface area contributed by atoms with Crippen LogP contribution in [0, 0.1) is 11.3 Å².